The Kier molecular flexibility index (Phi) is 3.08. The van der Waals surface area contributed by atoms with Crippen molar-refractivity contribution < 1.29 is 0 Å². The molecule has 0 saturated heterocycles. The van der Waals surface area contributed by atoms with Crippen molar-refractivity contribution in [2.45, 2.75) is 0 Å². The molecule has 0 fully saturated rings. The largest absolute Gasteiger partial charge is 0.382 e. The summed E-state index contributed by atoms with van der Waals surface area (Å²) in [7, 11) is 0. The number of hydrogen-bond donors (Lipinski definition) is 2. The first-order valence-electron chi connectivity index (χ1n) is 4.77. The summed E-state index contributed by atoms with van der Waals surface area (Å²) in [5.74, 6) is 1.02. The van der Waals surface area contributed by atoms with Gasteiger partial charge in [0, 0.05) is 18.0 Å². The van der Waals surface area contributed by atoms with E-state index in [1.807, 2.05) is 30.3 Å². The van der Waals surface area contributed by atoms with Crippen molar-refractivity contribution in [3.8, 4) is 0 Å². The Morgan fingerprint density at radius 2 is 2.12 bits per heavy atom. The van der Waals surface area contributed by atoms with E-state index in [9.17, 15) is 0 Å². The minimum absolute atomic E-state index is 0.378. The number of aromatic amines is 1. The van der Waals surface area contributed by atoms with Crippen molar-refractivity contribution in [2.75, 3.05) is 0 Å². The van der Waals surface area contributed by atoms with Crippen LogP contribution in [0.3, 0.4) is 0 Å². The molecule has 5 nitrogen and oxygen atoms in total. The van der Waals surface area contributed by atoms with Crippen LogP contribution in [-0.2, 0) is 0 Å². The van der Waals surface area contributed by atoms with Crippen LogP contribution >= 0.6 is 0 Å². The zero-order valence-corrected chi connectivity index (χ0v) is 8.54. The second kappa shape index (κ2) is 4.88. The van der Waals surface area contributed by atoms with E-state index in [-0.39, 0.29) is 0 Å². The molecule has 0 saturated carbocycles. The smallest absolute Gasteiger partial charge is 0.153 e. The van der Waals surface area contributed by atoms with Gasteiger partial charge in [-0.3, -0.25) is 0 Å². The molecular weight excluding hydrogens is 202 g/mol. The minimum atomic E-state index is 0.378. The van der Waals surface area contributed by atoms with E-state index in [1.54, 1.807) is 12.4 Å². The Morgan fingerprint density at radius 1 is 1.31 bits per heavy atom. The number of rotatable bonds is 3. The van der Waals surface area contributed by atoms with Crippen molar-refractivity contribution in [3.05, 3.63) is 54.1 Å². The molecule has 0 aliphatic heterocycles. The molecule has 0 aliphatic rings. The number of nitrogens with one attached hydrogen (secondary N) is 1. The standard InChI is InChI=1S/C11H11N5/c12-11(9-4-2-1-3-5-9)16-15-8-10-13-6-7-14-10/h1-8H,(H2,12,16)(H,13,14). The lowest BCUT2D eigenvalue weighted by atomic mass is 10.2. The van der Waals surface area contributed by atoms with E-state index < -0.39 is 0 Å². The van der Waals surface area contributed by atoms with Gasteiger partial charge in [0.2, 0.25) is 0 Å². The Bertz CT molecular complexity index is 484. The molecule has 0 aliphatic carbocycles. The highest BCUT2D eigenvalue weighted by Crippen LogP contribution is 1.97. The van der Waals surface area contributed by atoms with Gasteiger partial charge >= 0.3 is 0 Å². The number of amidine groups is 1. The topological polar surface area (TPSA) is 79.4 Å². The molecule has 16 heavy (non-hydrogen) atoms. The van der Waals surface area contributed by atoms with Crippen LogP contribution in [0.2, 0.25) is 0 Å². The van der Waals surface area contributed by atoms with Crippen molar-refractivity contribution in [1.82, 2.24) is 9.97 Å². The van der Waals surface area contributed by atoms with Crippen molar-refractivity contribution in [3.63, 3.8) is 0 Å². The maximum Gasteiger partial charge on any atom is 0.153 e. The van der Waals surface area contributed by atoms with Gasteiger partial charge in [0.25, 0.3) is 0 Å². The first-order chi connectivity index (χ1) is 7.86. The Morgan fingerprint density at radius 3 is 2.81 bits per heavy atom. The van der Waals surface area contributed by atoms with E-state index in [2.05, 4.69) is 20.2 Å². The van der Waals surface area contributed by atoms with Gasteiger partial charge in [-0.05, 0) is 0 Å². The van der Waals surface area contributed by atoms with Gasteiger partial charge in [0.1, 0.15) is 5.82 Å². The fourth-order valence-corrected chi connectivity index (χ4v) is 1.16. The molecule has 1 aromatic carbocycles. The van der Waals surface area contributed by atoms with Gasteiger partial charge in [-0.25, -0.2) is 4.98 Å². The third-order valence-electron chi connectivity index (χ3n) is 1.93. The molecule has 1 aromatic heterocycles. The molecule has 3 N–H and O–H groups in total. The summed E-state index contributed by atoms with van der Waals surface area (Å²) in [6, 6.07) is 9.47. The minimum Gasteiger partial charge on any atom is -0.382 e. The second-order valence-electron chi connectivity index (χ2n) is 3.07. The molecule has 0 atom stereocenters. The quantitative estimate of drug-likeness (QED) is 0.455. The molecule has 2 rings (SSSR count). The number of benzene rings is 1. The summed E-state index contributed by atoms with van der Waals surface area (Å²) in [6.45, 7) is 0. The molecule has 0 bridgehead atoms. The van der Waals surface area contributed by atoms with Crippen LogP contribution < -0.4 is 5.73 Å². The first kappa shape index (κ1) is 10.1. The van der Waals surface area contributed by atoms with Gasteiger partial charge in [-0.15, -0.1) is 5.10 Å². The lowest BCUT2D eigenvalue weighted by Gasteiger charge is -1.95. The highest BCUT2D eigenvalue weighted by atomic mass is 15.2. The van der Waals surface area contributed by atoms with Crippen LogP contribution in [0.4, 0.5) is 0 Å². The van der Waals surface area contributed by atoms with E-state index in [0.717, 1.165) is 5.56 Å². The highest BCUT2D eigenvalue weighted by Gasteiger charge is 1.94. The number of H-pyrrole nitrogens is 1. The summed E-state index contributed by atoms with van der Waals surface area (Å²) in [6.07, 6.45) is 4.87. The number of hydrogen-bond acceptors (Lipinski definition) is 3. The van der Waals surface area contributed by atoms with Crippen LogP contribution in [0.5, 0.6) is 0 Å². The van der Waals surface area contributed by atoms with E-state index >= 15 is 0 Å². The van der Waals surface area contributed by atoms with Crippen molar-refractivity contribution >= 4 is 12.1 Å². The fourth-order valence-electron chi connectivity index (χ4n) is 1.16. The van der Waals surface area contributed by atoms with Gasteiger partial charge in [0.15, 0.2) is 5.84 Å². The van der Waals surface area contributed by atoms with Gasteiger partial charge in [-0.1, -0.05) is 30.3 Å². The van der Waals surface area contributed by atoms with Crippen LogP contribution in [0.25, 0.3) is 0 Å². The molecule has 2 aromatic rings. The van der Waals surface area contributed by atoms with Crippen molar-refractivity contribution in [1.29, 1.82) is 0 Å². The maximum atomic E-state index is 5.74. The molecule has 5 heteroatoms. The number of imidazole rings is 1. The Labute approximate surface area is 92.7 Å². The first-order valence-corrected chi connectivity index (χ1v) is 4.77. The van der Waals surface area contributed by atoms with Gasteiger partial charge in [-0.2, -0.15) is 5.10 Å². The molecule has 0 radical (unpaired) electrons. The number of nitrogens with two attached hydrogens (primary N) is 1. The molecule has 80 valence electrons. The molecule has 0 unspecified atom stereocenters. The SMILES string of the molecule is NC(=NN=Cc1ncc[nH]1)c1ccccc1. The predicted octanol–water partition coefficient (Wildman–Crippen LogP) is 1.15. The van der Waals surface area contributed by atoms with E-state index in [4.69, 9.17) is 5.73 Å². The summed E-state index contributed by atoms with van der Waals surface area (Å²) < 4.78 is 0. The summed E-state index contributed by atoms with van der Waals surface area (Å²) >= 11 is 0. The normalized spacial score (nSPS) is 12.1. The maximum absolute atomic E-state index is 5.74. The van der Waals surface area contributed by atoms with Gasteiger partial charge in [0.05, 0.1) is 6.21 Å². The lowest BCUT2D eigenvalue weighted by molar-refractivity contribution is 1.20. The molecule has 0 spiro atoms. The monoisotopic (exact) mass is 213 g/mol. The molecule has 0 amide bonds. The van der Waals surface area contributed by atoms with Gasteiger partial charge < -0.3 is 10.7 Å². The average Bonchev–Trinajstić information content (AvgIpc) is 2.83. The summed E-state index contributed by atoms with van der Waals surface area (Å²) in [5, 5.41) is 7.71. The second-order valence-corrected chi connectivity index (χ2v) is 3.07. The number of nitrogens with zero attached hydrogens (tertiary/aromatic N) is 3. The van der Waals surface area contributed by atoms with E-state index in [1.165, 1.54) is 6.21 Å². The summed E-state index contributed by atoms with van der Waals surface area (Å²) in [5.41, 5.74) is 6.59. The third-order valence-corrected chi connectivity index (χ3v) is 1.93. The highest BCUT2D eigenvalue weighted by molar-refractivity contribution is 5.97. The Hall–Kier alpha value is -2.43. The van der Waals surface area contributed by atoms with Crippen LogP contribution in [-0.4, -0.2) is 22.0 Å². The third kappa shape index (κ3) is 2.54. The van der Waals surface area contributed by atoms with Crippen LogP contribution in [0.15, 0.2) is 52.9 Å². The van der Waals surface area contributed by atoms with Crippen LogP contribution in [0.1, 0.15) is 11.4 Å². The molecule has 1 heterocycles. The predicted molar refractivity (Wildman–Crippen MR) is 63.3 cm³/mol. The zero-order chi connectivity index (χ0) is 11.2. The number of aromatic nitrogens is 2. The average molecular weight is 213 g/mol. The van der Waals surface area contributed by atoms with Crippen LogP contribution in [0, 0.1) is 0 Å². The zero-order valence-electron chi connectivity index (χ0n) is 8.54. The van der Waals surface area contributed by atoms with Crippen molar-refractivity contribution in [2.24, 2.45) is 15.9 Å². The summed E-state index contributed by atoms with van der Waals surface area (Å²) in [4.78, 5) is 6.85. The lowest BCUT2D eigenvalue weighted by Crippen LogP contribution is -2.12. The fraction of sp³-hybridized carbons (Fsp3) is 0. The van der Waals surface area contributed by atoms with E-state index in [0.29, 0.717) is 11.7 Å². The Balaban J connectivity index is 2.08. The molecular formula is C11H11N5.